The van der Waals surface area contributed by atoms with Crippen LogP contribution in [0.1, 0.15) is 40.2 Å². The molecule has 0 aliphatic rings. The zero-order valence-corrected chi connectivity index (χ0v) is 24.1. The zero-order chi connectivity index (χ0) is 29.0. The highest BCUT2D eigenvalue weighted by molar-refractivity contribution is 7.15. The molecule has 1 unspecified atom stereocenters. The molecule has 2 heterocycles. The number of benzene rings is 2. The van der Waals surface area contributed by atoms with E-state index in [0.717, 1.165) is 53.1 Å². The Kier molecular flexibility index (Phi) is 10.9. The van der Waals surface area contributed by atoms with Crippen LogP contribution in [0.4, 0.5) is 10.9 Å². The number of hydrogen-bond acceptors (Lipinski definition) is 9. The fourth-order valence-electron chi connectivity index (χ4n) is 4.14. The standard InChI is InChI=1S/C30H35N7O3S/c1-37(2)29(40)20-23-12-8-11-22(17-23)19-27(39)32-30-36-35-28(41-30)14-7-6-13-24-15-16-25(34-33-24)31-26(38)18-21-9-4-3-5-10-21/h3-5,8-12,15-17,27,39H,6-7,13-14,18-20H2,1-2H3,(H,32,36)(H,31,34,38). The van der Waals surface area contributed by atoms with Crippen LogP contribution in [0.25, 0.3) is 0 Å². The predicted octanol–water partition coefficient (Wildman–Crippen LogP) is 3.68. The summed E-state index contributed by atoms with van der Waals surface area (Å²) in [4.78, 5) is 25.7. The number of nitrogens with zero attached hydrogens (tertiary/aromatic N) is 5. The minimum Gasteiger partial charge on any atom is -0.373 e. The molecule has 0 radical (unpaired) electrons. The van der Waals surface area contributed by atoms with E-state index in [1.807, 2.05) is 60.7 Å². The fraction of sp³-hybridized carbons (Fsp3) is 0.333. The third-order valence-electron chi connectivity index (χ3n) is 6.30. The van der Waals surface area contributed by atoms with E-state index >= 15 is 0 Å². The lowest BCUT2D eigenvalue weighted by atomic mass is 10.0. The van der Waals surface area contributed by atoms with Crippen molar-refractivity contribution in [2.75, 3.05) is 24.7 Å². The molecule has 0 aliphatic heterocycles. The van der Waals surface area contributed by atoms with Crippen molar-refractivity contribution in [2.45, 2.75) is 51.2 Å². The highest BCUT2D eigenvalue weighted by Gasteiger charge is 2.12. The van der Waals surface area contributed by atoms with Crippen molar-refractivity contribution < 1.29 is 14.7 Å². The maximum atomic E-state index is 12.2. The SMILES string of the molecule is CN(C)C(=O)Cc1cccc(CC(O)Nc2nnc(CCCCc3ccc(NC(=O)Cc4ccccc4)nn3)s2)c1. The molecule has 2 aromatic heterocycles. The van der Waals surface area contributed by atoms with Crippen LogP contribution in [0.3, 0.4) is 0 Å². The fourth-order valence-corrected chi connectivity index (χ4v) is 4.97. The van der Waals surface area contributed by atoms with Crippen molar-refractivity contribution >= 4 is 34.1 Å². The highest BCUT2D eigenvalue weighted by Crippen LogP contribution is 2.19. The molecule has 1 atom stereocenters. The maximum absolute atomic E-state index is 12.2. The van der Waals surface area contributed by atoms with E-state index in [2.05, 4.69) is 31.0 Å². The summed E-state index contributed by atoms with van der Waals surface area (Å²) in [6.45, 7) is 0. The molecule has 11 heteroatoms. The third kappa shape index (κ3) is 10.0. The van der Waals surface area contributed by atoms with Gasteiger partial charge in [-0.2, -0.15) is 5.10 Å². The first-order valence-corrected chi connectivity index (χ1v) is 14.4. The Morgan fingerprint density at radius 3 is 2.37 bits per heavy atom. The summed E-state index contributed by atoms with van der Waals surface area (Å²) in [5.41, 5.74) is 3.66. The minimum atomic E-state index is -0.819. The number of rotatable bonds is 14. The van der Waals surface area contributed by atoms with Gasteiger partial charge in [0, 0.05) is 26.9 Å². The molecule has 0 spiro atoms. The van der Waals surface area contributed by atoms with Crippen LogP contribution in [0, 0.1) is 0 Å². The molecule has 4 rings (SSSR count). The van der Waals surface area contributed by atoms with Crippen molar-refractivity contribution in [1.29, 1.82) is 0 Å². The Hall–Kier alpha value is -4.22. The van der Waals surface area contributed by atoms with Gasteiger partial charge in [0.15, 0.2) is 5.82 Å². The number of amides is 2. The molecule has 0 saturated heterocycles. The molecule has 214 valence electrons. The molecular weight excluding hydrogens is 538 g/mol. The number of aliphatic hydroxyl groups is 1. The molecule has 4 aromatic rings. The van der Waals surface area contributed by atoms with Crippen molar-refractivity contribution in [3.05, 3.63) is 94.1 Å². The number of anilines is 2. The van der Waals surface area contributed by atoms with Gasteiger partial charge in [0.05, 0.1) is 18.5 Å². The number of hydrogen-bond donors (Lipinski definition) is 3. The summed E-state index contributed by atoms with van der Waals surface area (Å²) < 4.78 is 0. The van der Waals surface area contributed by atoms with Gasteiger partial charge in [-0.15, -0.1) is 15.3 Å². The molecular formula is C30H35N7O3S. The summed E-state index contributed by atoms with van der Waals surface area (Å²) in [7, 11) is 3.47. The summed E-state index contributed by atoms with van der Waals surface area (Å²) in [5, 5.41) is 34.5. The Morgan fingerprint density at radius 1 is 0.854 bits per heavy atom. The monoisotopic (exact) mass is 573 g/mol. The van der Waals surface area contributed by atoms with Crippen LogP contribution in [0.2, 0.25) is 0 Å². The van der Waals surface area contributed by atoms with Gasteiger partial charge in [-0.25, -0.2) is 0 Å². The Labute approximate surface area is 243 Å². The summed E-state index contributed by atoms with van der Waals surface area (Å²) in [6, 6.07) is 20.9. The van der Waals surface area contributed by atoms with Gasteiger partial charge < -0.3 is 20.6 Å². The van der Waals surface area contributed by atoms with Gasteiger partial charge >= 0.3 is 0 Å². The number of aromatic nitrogens is 4. The Bertz CT molecular complexity index is 1410. The van der Waals surface area contributed by atoms with E-state index < -0.39 is 6.23 Å². The first-order valence-electron chi connectivity index (χ1n) is 13.6. The van der Waals surface area contributed by atoms with Crippen molar-refractivity contribution in [3.8, 4) is 0 Å². The van der Waals surface area contributed by atoms with Crippen LogP contribution in [-0.4, -0.2) is 62.5 Å². The van der Waals surface area contributed by atoms with Crippen LogP contribution >= 0.6 is 11.3 Å². The number of aryl methyl sites for hydroxylation is 2. The van der Waals surface area contributed by atoms with E-state index in [1.54, 1.807) is 25.1 Å². The van der Waals surface area contributed by atoms with Crippen LogP contribution in [-0.2, 0) is 41.7 Å². The lowest BCUT2D eigenvalue weighted by Gasteiger charge is -2.13. The summed E-state index contributed by atoms with van der Waals surface area (Å²) >= 11 is 1.43. The zero-order valence-electron chi connectivity index (χ0n) is 23.3. The summed E-state index contributed by atoms with van der Waals surface area (Å²) in [5.74, 6) is 0.352. The largest absolute Gasteiger partial charge is 0.373 e. The van der Waals surface area contributed by atoms with Crippen molar-refractivity contribution in [1.82, 2.24) is 25.3 Å². The van der Waals surface area contributed by atoms with Crippen LogP contribution in [0.5, 0.6) is 0 Å². The molecule has 2 amide bonds. The van der Waals surface area contributed by atoms with E-state index in [9.17, 15) is 14.7 Å². The first kappa shape index (κ1) is 29.8. The Morgan fingerprint density at radius 2 is 1.61 bits per heavy atom. The van der Waals surface area contributed by atoms with Crippen LogP contribution < -0.4 is 10.6 Å². The van der Waals surface area contributed by atoms with Gasteiger partial charge in [-0.1, -0.05) is 65.9 Å². The number of likely N-dealkylation sites (N-methyl/N-ethyl adjacent to an activating group) is 1. The quantitative estimate of drug-likeness (QED) is 0.154. The topological polar surface area (TPSA) is 133 Å². The Balaban J connectivity index is 1.15. The normalized spacial score (nSPS) is 11.6. The lowest BCUT2D eigenvalue weighted by Crippen LogP contribution is -2.24. The second-order valence-corrected chi connectivity index (χ2v) is 11.0. The van der Waals surface area contributed by atoms with E-state index in [1.165, 1.54) is 11.3 Å². The maximum Gasteiger partial charge on any atom is 0.229 e. The number of aliphatic hydroxyl groups excluding tert-OH is 1. The van der Waals surface area contributed by atoms with Crippen molar-refractivity contribution in [2.24, 2.45) is 0 Å². The van der Waals surface area contributed by atoms with E-state index in [-0.39, 0.29) is 11.8 Å². The molecule has 3 N–H and O–H groups in total. The molecule has 0 fully saturated rings. The van der Waals surface area contributed by atoms with Gasteiger partial charge in [0.1, 0.15) is 11.2 Å². The highest BCUT2D eigenvalue weighted by atomic mass is 32.1. The average molecular weight is 574 g/mol. The molecule has 0 bridgehead atoms. The third-order valence-corrected chi connectivity index (χ3v) is 7.21. The second-order valence-electron chi connectivity index (χ2n) is 9.98. The molecule has 10 nitrogen and oxygen atoms in total. The minimum absolute atomic E-state index is 0.0354. The first-order chi connectivity index (χ1) is 19.8. The van der Waals surface area contributed by atoms with E-state index in [4.69, 9.17) is 0 Å². The lowest BCUT2D eigenvalue weighted by molar-refractivity contribution is -0.128. The molecule has 41 heavy (non-hydrogen) atoms. The molecule has 2 aromatic carbocycles. The molecule has 0 aliphatic carbocycles. The van der Waals surface area contributed by atoms with Crippen LogP contribution in [0.15, 0.2) is 66.7 Å². The number of nitrogens with one attached hydrogen (secondary N) is 2. The number of carbonyl (C=O) groups is 2. The number of unbranched alkanes of at least 4 members (excludes halogenated alkanes) is 1. The van der Waals surface area contributed by atoms with Crippen molar-refractivity contribution in [3.63, 3.8) is 0 Å². The second kappa shape index (κ2) is 15.0. The summed E-state index contributed by atoms with van der Waals surface area (Å²) in [6.07, 6.45) is 3.55. The predicted molar refractivity (Wildman–Crippen MR) is 160 cm³/mol. The number of carbonyl (C=O) groups excluding carboxylic acids is 2. The van der Waals surface area contributed by atoms with Gasteiger partial charge in [0.25, 0.3) is 0 Å². The van der Waals surface area contributed by atoms with E-state index in [0.29, 0.717) is 30.2 Å². The van der Waals surface area contributed by atoms with Gasteiger partial charge in [-0.05, 0) is 48.1 Å². The van der Waals surface area contributed by atoms with Gasteiger partial charge in [-0.3, -0.25) is 9.59 Å². The van der Waals surface area contributed by atoms with Gasteiger partial charge in [0.2, 0.25) is 16.9 Å². The molecule has 0 saturated carbocycles. The average Bonchev–Trinajstić information content (AvgIpc) is 3.39. The smallest absolute Gasteiger partial charge is 0.229 e.